The zero-order chi connectivity index (χ0) is 21.6. The van der Waals surface area contributed by atoms with E-state index in [1.54, 1.807) is 48.8 Å². The monoisotopic (exact) mass is 446 g/mol. The van der Waals surface area contributed by atoms with E-state index in [-0.39, 0.29) is 11.8 Å². The van der Waals surface area contributed by atoms with E-state index in [1.165, 1.54) is 23.1 Å². The molecule has 0 aliphatic rings. The van der Waals surface area contributed by atoms with E-state index in [4.69, 9.17) is 0 Å². The van der Waals surface area contributed by atoms with Crippen molar-refractivity contribution in [2.24, 2.45) is 0 Å². The van der Waals surface area contributed by atoms with Gasteiger partial charge in [-0.2, -0.15) is 0 Å². The van der Waals surface area contributed by atoms with Crippen molar-refractivity contribution in [3.05, 3.63) is 94.4 Å². The second kappa shape index (κ2) is 9.55. The molecule has 0 aliphatic heterocycles. The number of rotatable bonds is 6. The van der Waals surface area contributed by atoms with Crippen molar-refractivity contribution < 1.29 is 9.59 Å². The molecule has 2 aromatic heterocycles. The van der Waals surface area contributed by atoms with Gasteiger partial charge in [-0.1, -0.05) is 6.07 Å². The van der Waals surface area contributed by atoms with Crippen LogP contribution in [0.5, 0.6) is 0 Å². The van der Waals surface area contributed by atoms with Crippen molar-refractivity contribution in [3.63, 3.8) is 0 Å². The van der Waals surface area contributed by atoms with Crippen LogP contribution in [-0.4, -0.2) is 21.8 Å². The largest absolute Gasteiger partial charge is 0.322 e. The van der Waals surface area contributed by atoms with Gasteiger partial charge in [0.05, 0.1) is 4.88 Å². The van der Waals surface area contributed by atoms with E-state index >= 15 is 0 Å². The summed E-state index contributed by atoms with van der Waals surface area (Å²) in [6, 6.07) is 18.0. The van der Waals surface area contributed by atoms with Crippen LogP contribution in [0.4, 0.5) is 11.4 Å². The Balaban J connectivity index is 1.39. The maximum Gasteiger partial charge on any atom is 0.265 e. The van der Waals surface area contributed by atoms with E-state index in [1.807, 2.05) is 36.6 Å². The number of aromatic nitrogens is 2. The van der Waals surface area contributed by atoms with Crippen LogP contribution in [-0.2, 0) is 0 Å². The van der Waals surface area contributed by atoms with Crippen LogP contribution in [0.1, 0.15) is 25.6 Å². The summed E-state index contributed by atoms with van der Waals surface area (Å²) in [6.07, 6.45) is 3.41. The van der Waals surface area contributed by atoms with Gasteiger partial charge in [0, 0.05) is 34.2 Å². The predicted octanol–water partition coefficient (Wildman–Crippen LogP) is 5.50. The molecule has 0 bridgehead atoms. The Kier molecular flexibility index (Phi) is 6.40. The van der Waals surface area contributed by atoms with E-state index in [0.717, 1.165) is 16.1 Å². The maximum absolute atomic E-state index is 12.6. The molecule has 31 heavy (non-hydrogen) atoms. The summed E-state index contributed by atoms with van der Waals surface area (Å²) in [5.74, 6) is -0.382. The van der Waals surface area contributed by atoms with Crippen molar-refractivity contribution in [2.75, 3.05) is 10.6 Å². The van der Waals surface area contributed by atoms with Crippen LogP contribution in [0.2, 0.25) is 0 Å². The number of hydrogen-bond donors (Lipinski definition) is 2. The summed E-state index contributed by atoms with van der Waals surface area (Å²) in [5.41, 5.74) is 2.81. The third-order valence-corrected chi connectivity index (χ3v) is 6.10. The normalized spacial score (nSPS) is 10.5. The summed E-state index contributed by atoms with van der Waals surface area (Å²) in [6.45, 7) is 1.94. The molecule has 2 heterocycles. The highest BCUT2D eigenvalue weighted by molar-refractivity contribution is 7.99. The summed E-state index contributed by atoms with van der Waals surface area (Å²) in [5, 5.41) is 8.28. The molecular weight excluding hydrogens is 428 g/mol. The summed E-state index contributed by atoms with van der Waals surface area (Å²) in [7, 11) is 0. The highest BCUT2D eigenvalue weighted by Gasteiger charge is 2.11. The van der Waals surface area contributed by atoms with Crippen LogP contribution in [0.3, 0.4) is 0 Å². The average Bonchev–Trinajstić information content (AvgIpc) is 3.32. The van der Waals surface area contributed by atoms with Gasteiger partial charge < -0.3 is 10.6 Å². The van der Waals surface area contributed by atoms with Crippen LogP contribution >= 0.6 is 23.1 Å². The van der Waals surface area contributed by atoms with Crippen molar-refractivity contribution in [1.82, 2.24) is 9.97 Å². The zero-order valence-corrected chi connectivity index (χ0v) is 18.2. The van der Waals surface area contributed by atoms with Crippen LogP contribution in [0.25, 0.3) is 0 Å². The number of carbonyl (C=O) groups excluding carboxylic acids is 2. The molecule has 4 rings (SSSR count). The first-order valence-electron chi connectivity index (χ1n) is 9.40. The van der Waals surface area contributed by atoms with E-state index in [0.29, 0.717) is 21.3 Å². The van der Waals surface area contributed by atoms with Gasteiger partial charge in [-0.05, 0) is 84.2 Å². The van der Waals surface area contributed by atoms with Crippen molar-refractivity contribution >= 4 is 46.3 Å². The minimum Gasteiger partial charge on any atom is -0.322 e. The Labute approximate surface area is 187 Å². The highest BCUT2D eigenvalue weighted by atomic mass is 32.2. The molecule has 6 nitrogen and oxygen atoms in total. The Hall–Kier alpha value is -3.49. The van der Waals surface area contributed by atoms with Gasteiger partial charge in [-0.15, -0.1) is 11.3 Å². The van der Waals surface area contributed by atoms with Gasteiger partial charge in [0.15, 0.2) is 5.16 Å². The lowest BCUT2D eigenvalue weighted by atomic mass is 10.1. The maximum atomic E-state index is 12.6. The lowest BCUT2D eigenvalue weighted by Gasteiger charge is -2.11. The minimum absolute atomic E-state index is 0.165. The van der Waals surface area contributed by atoms with Gasteiger partial charge >= 0.3 is 0 Å². The van der Waals surface area contributed by atoms with Crippen LogP contribution in [0, 0.1) is 6.92 Å². The van der Waals surface area contributed by atoms with Gasteiger partial charge in [-0.3, -0.25) is 9.59 Å². The van der Waals surface area contributed by atoms with Crippen molar-refractivity contribution in [1.29, 1.82) is 0 Å². The van der Waals surface area contributed by atoms with Gasteiger partial charge in [0.1, 0.15) is 0 Å². The summed E-state index contributed by atoms with van der Waals surface area (Å²) < 4.78 is 0. The summed E-state index contributed by atoms with van der Waals surface area (Å²) in [4.78, 5) is 34.8. The smallest absolute Gasteiger partial charge is 0.265 e. The number of thiophene rings is 1. The molecule has 0 unspecified atom stereocenters. The highest BCUT2D eigenvalue weighted by Crippen LogP contribution is 2.28. The van der Waals surface area contributed by atoms with E-state index in [2.05, 4.69) is 20.6 Å². The molecular formula is C23H18N4O2S2. The Morgan fingerprint density at radius 3 is 2.35 bits per heavy atom. The molecule has 0 spiro atoms. The summed E-state index contributed by atoms with van der Waals surface area (Å²) >= 11 is 2.84. The molecule has 4 aromatic rings. The quantitative estimate of drug-likeness (QED) is 0.382. The number of nitrogens with one attached hydrogen (secondary N) is 2. The van der Waals surface area contributed by atoms with Gasteiger partial charge in [0.2, 0.25) is 0 Å². The van der Waals surface area contributed by atoms with Crippen LogP contribution < -0.4 is 10.6 Å². The van der Waals surface area contributed by atoms with Gasteiger partial charge in [0.25, 0.3) is 11.8 Å². The third-order valence-electron chi connectivity index (χ3n) is 4.35. The number of carbonyl (C=O) groups is 2. The number of nitrogens with zero attached hydrogens (tertiary/aromatic N) is 2. The molecule has 2 aromatic carbocycles. The second-order valence-electron chi connectivity index (χ2n) is 6.57. The van der Waals surface area contributed by atoms with E-state index < -0.39 is 0 Å². The first-order valence-corrected chi connectivity index (χ1v) is 11.1. The predicted molar refractivity (Wildman–Crippen MR) is 124 cm³/mol. The fourth-order valence-corrected chi connectivity index (χ4v) is 4.21. The molecule has 0 atom stereocenters. The van der Waals surface area contributed by atoms with Crippen molar-refractivity contribution in [3.8, 4) is 0 Å². The zero-order valence-electron chi connectivity index (χ0n) is 16.5. The number of aryl methyl sites for hydroxylation is 1. The van der Waals surface area contributed by atoms with Gasteiger partial charge in [-0.25, -0.2) is 9.97 Å². The first kappa shape index (κ1) is 20.8. The fraction of sp³-hybridized carbons (Fsp3) is 0.0435. The molecule has 8 heteroatoms. The molecule has 2 amide bonds. The standard InChI is InChI=1S/C23H18N4O2S2/c1-15-14-18(31-23-24-11-3-12-25-23)9-10-19(15)27-21(28)16-5-7-17(8-6-16)26-22(29)20-4-2-13-30-20/h2-14H,1H3,(H,26,29)(H,27,28). The lowest BCUT2D eigenvalue weighted by Crippen LogP contribution is -2.13. The van der Waals surface area contributed by atoms with Crippen molar-refractivity contribution in [2.45, 2.75) is 17.0 Å². The molecule has 0 saturated heterocycles. The fourth-order valence-electron chi connectivity index (χ4n) is 2.78. The minimum atomic E-state index is -0.217. The topological polar surface area (TPSA) is 84.0 Å². The number of amides is 2. The molecule has 0 aliphatic carbocycles. The second-order valence-corrected chi connectivity index (χ2v) is 8.56. The van der Waals surface area contributed by atoms with Crippen LogP contribution in [0.15, 0.2) is 88.5 Å². The molecule has 0 saturated carbocycles. The Bertz CT molecular complexity index is 1190. The Morgan fingerprint density at radius 2 is 1.68 bits per heavy atom. The van der Waals surface area contributed by atoms with E-state index in [9.17, 15) is 9.59 Å². The SMILES string of the molecule is Cc1cc(Sc2ncccn2)ccc1NC(=O)c1ccc(NC(=O)c2cccs2)cc1. The lowest BCUT2D eigenvalue weighted by molar-refractivity contribution is 0.102. The average molecular weight is 447 g/mol. The number of benzene rings is 2. The molecule has 0 fully saturated rings. The molecule has 0 radical (unpaired) electrons. The first-order chi connectivity index (χ1) is 15.1. The number of hydrogen-bond acceptors (Lipinski definition) is 6. The molecule has 2 N–H and O–H groups in total. The Morgan fingerprint density at radius 1 is 0.903 bits per heavy atom. The number of anilines is 2. The molecule has 154 valence electrons. The third kappa shape index (κ3) is 5.36.